The number of amides is 1. The van der Waals surface area contributed by atoms with Gasteiger partial charge in [-0.25, -0.2) is 4.39 Å². The van der Waals surface area contributed by atoms with Crippen LogP contribution in [0.1, 0.15) is 58.5 Å². The predicted octanol–water partition coefficient (Wildman–Crippen LogP) is 4.40. The van der Waals surface area contributed by atoms with Crippen LogP contribution in [0, 0.1) is 5.82 Å². The van der Waals surface area contributed by atoms with Gasteiger partial charge in [0.2, 0.25) is 0 Å². The molecule has 0 bridgehead atoms. The fourth-order valence-electron chi connectivity index (χ4n) is 3.24. The van der Waals surface area contributed by atoms with Gasteiger partial charge in [-0.3, -0.25) is 9.59 Å². The number of ketones is 1. The highest BCUT2D eigenvalue weighted by Crippen LogP contribution is 2.32. The van der Waals surface area contributed by atoms with Crippen molar-refractivity contribution in [2.45, 2.75) is 32.2 Å². The SMILES string of the molecule is CC(=O)c1cccc(C(=O)N2CCCCC2c2ccc(F)cc2)c1. The molecule has 3 rings (SSSR count). The first-order valence-electron chi connectivity index (χ1n) is 8.23. The highest BCUT2D eigenvalue weighted by Gasteiger charge is 2.28. The molecule has 0 aliphatic carbocycles. The molecule has 0 aromatic heterocycles. The van der Waals surface area contributed by atoms with Gasteiger partial charge in [-0.2, -0.15) is 0 Å². The lowest BCUT2D eigenvalue weighted by molar-refractivity contribution is 0.0611. The lowest BCUT2D eigenvalue weighted by atomic mass is 9.94. The molecule has 0 saturated carbocycles. The smallest absolute Gasteiger partial charge is 0.254 e. The number of halogens is 1. The number of carbonyl (C=O) groups is 2. The summed E-state index contributed by atoms with van der Waals surface area (Å²) in [7, 11) is 0. The van der Waals surface area contributed by atoms with Gasteiger partial charge >= 0.3 is 0 Å². The number of likely N-dealkylation sites (tertiary alicyclic amines) is 1. The van der Waals surface area contributed by atoms with E-state index < -0.39 is 0 Å². The summed E-state index contributed by atoms with van der Waals surface area (Å²) in [5.74, 6) is -0.410. The van der Waals surface area contributed by atoms with Crippen molar-refractivity contribution < 1.29 is 14.0 Å². The zero-order valence-electron chi connectivity index (χ0n) is 13.7. The molecule has 1 heterocycles. The van der Waals surface area contributed by atoms with Gasteiger partial charge in [0.25, 0.3) is 5.91 Å². The molecule has 1 aliphatic rings. The van der Waals surface area contributed by atoms with Crippen molar-refractivity contribution in [1.29, 1.82) is 0 Å². The van der Waals surface area contributed by atoms with Crippen LogP contribution in [0.25, 0.3) is 0 Å². The lowest BCUT2D eigenvalue weighted by Crippen LogP contribution is -2.38. The molecule has 1 atom stereocenters. The standard InChI is InChI=1S/C20H20FNO2/c1-14(23)16-5-4-6-17(13-16)20(24)22-12-3-2-7-19(22)15-8-10-18(21)11-9-15/h4-6,8-11,13,19H,2-3,7,12H2,1H3. The van der Waals surface area contributed by atoms with Crippen molar-refractivity contribution in [2.24, 2.45) is 0 Å². The number of nitrogens with zero attached hydrogens (tertiary/aromatic N) is 1. The minimum Gasteiger partial charge on any atom is -0.332 e. The number of Topliss-reactive ketones (excluding diaryl/α,β-unsaturated/α-hetero) is 1. The van der Waals surface area contributed by atoms with Crippen LogP contribution in [0.4, 0.5) is 4.39 Å². The maximum atomic E-state index is 13.2. The number of hydrogen-bond donors (Lipinski definition) is 0. The summed E-state index contributed by atoms with van der Waals surface area (Å²) in [6, 6.07) is 13.2. The second kappa shape index (κ2) is 6.95. The quantitative estimate of drug-likeness (QED) is 0.785. The molecule has 0 N–H and O–H groups in total. The molecule has 2 aromatic rings. The zero-order valence-corrected chi connectivity index (χ0v) is 13.7. The summed E-state index contributed by atoms with van der Waals surface area (Å²) in [5.41, 5.74) is 2.01. The second-order valence-corrected chi connectivity index (χ2v) is 6.20. The van der Waals surface area contributed by atoms with Crippen molar-refractivity contribution >= 4 is 11.7 Å². The van der Waals surface area contributed by atoms with E-state index >= 15 is 0 Å². The van der Waals surface area contributed by atoms with Gasteiger partial charge in [-0.05, 0) is 56.0 Å². The highest BCUT2D eigenvalue weighted by atomic mass is 19.1. The van der Waals surface area contributed by atoms with Gasteiger partial charge in [0, 0.05) is 17.7 Å². The third kappa shape index (κ3) is 3.37. The molecular weight excluding hydrogens is 305 g/mol. The molecule has 1 unspecified atom stereocenters. The normalized spacial score (nSPS) is 17.6. The Bertz CT molecular complexity index is 754. The average Bonchev–Trinajstić information content (AvgIpc) is 2.62. The van der Waals surface area contributed by atoms with Crippen LogP contribution in [0.2, 0.25) is 0 Å². The third-order valence-electron chi connectivity index (χ3n) is 4.53. The Morgan fingerprint density at radius 1 is 1.04 bits per heavy atom. The number of piperidine rings is 1. The maximum absolute atomic E-state index is 13.2. The molecular formula is C20H20FNO2. The Morgan fingerprint density at radius 3 is 2.46 bits per heavy atom. The molecule has 0 spiro atoms. The van der Waals surface area contributed by atoms with E-state index in [-0.39, 0.29) is 23.5 Å². The Morgan fingerprint density at radius 2 is 1.75 bits per heavy atom. The largest absolute Gasteiger partial charge is 0.332 e. The van der Waals surface area contributed by atoms with E-state index in [1.165, 1.54) is 19.1 Å². The average molecular weight is 325 g/mol. The van der Waals surface area contributed by atoms with Crippen LogP contribution in [-0.4, -0.2) is 23.1 Å². The van der Waals surface area contributed by atoms with Crippen molar-refractivity contribution in [3.05, 3.63) is 71.0 Å². The maximum Gasteiger partial charge on any atom is 0.254 e. The third-order valence-corrected chi connectivity index (χ3v) is 4.53. The first-order valence-corrected chi connectivity index (χ1v) is 8.23. The number of benzene rings is 2. The Labute approximate surface area is 141 Å². The molecule has 4 heteroatoms. The molecule has 2 aromatic carbocycles. The molecule has 1 amide bonds. The van der Waals surface area contributed by atoms with Crippen LogP contribution in [0.5, 0.6) is 0 Å². The van der Waals surface area contributed by atoms with E-state index in [4.69, 9.17) is 0 Å². The minimum atomic E-state index is -0.276. The molecule has 0 radical (unpaired) electrons. The van der Waals surface area contributed by atoms with Gasteiger partial charge in [-0.1, -0.05) is 24.3 Å². The molecule has 3 nitrogen and oxygen atoms in total. The number of rotatable bonds is 3. The number of carbonyl (C=O) groups excluding carboxylic acids is 2. The van der Waals surface area contributed by atoms with Crippen molar-refractivity contribution in [3.63, 3.8) is 0 Å². The predicted molar refractivity (Wildman–Crippen MR) is 90.5 cm³/mol. The van der Waals surface area contributed by atoms with Gasteiger partial charge in [0.05, 0.1) is 6.04 Å². The minimum absolute atomic E-state index is 0.0483. The van der Waals surface area contributed by atoms with Crippen molar-refractivity contribution in [1.82, 2.24) is 4.90 Å². The molecule has 124 valence electrons. The summed E-state index contributed by atoms with van der Waals surface area (Å²) >= 11 is 0. The second-order valence-electron chi connectivity index (χ2n) is 6.20. The summed E-state index contributed by atoms with van der Waals surface area (Å²) in [4.78, 5) is 26.4. The van der Waals surface area contributed by atoms with Crippen LogP contribution in [0.15, 0.2) is 48.5 Å². The molecule has 1 fully saturated rings. The van der Waals surface area contributed by atoms with Crippen LogP contribution < -0.4 is 0 Å². The molecule has 24 heavy (non-hydrogen) atoms. The van der Waals surface area contributed by atoms with Crippen molar-refractivity contribution in [2.75, 3.05) is 6.54 Å². The zero-order chi connectivity index (χ0) is 17.1. The monoisotopic (exact) mass is 325 g/mol. The first kappa shape index (κ1) is 16.4. The van der Waals surface area contributed by atoms with Gasteiger partial charge in [-0.15, -0.1) is 0 Å². The Balaban J connectivity index is 1.90. The molecule has 1 aliphatic heterocycles. The van der Waals surface area contributed by atoms with E-state index in [1.807, 2.05) is 4.90 Å². The van der Waals surface area contributed by atoms with E-state index in [0.717, 1.165) is 24.8 Å². The first-order chi connectivity index (χ1) is 11.6. The fraction of sp³-hybridized carbons (Fsp3) is 0.300. The molecule has 1 saturated heterocycles. The summed E-state index contributed by atoms with van der Waals surface area (Å²) in [6.45, 7) is 2.16. The fourth-order valence-corrected chi connectivity index (χ4v) is 3.24. The lowest BCUT2D eigenvalue weighted by Gasteiger charge is -2.36. The van der Waals surface area contributed by atoms with E-state index in [1.54, 1.807) is 36.4 Å². The highest BCUT2D eigenvalue weighted by molar-refractivity contribution is 5.99. The summed E-state index contributed by atoms with van der Waals surface area (Å²) in [6.07, 6.45) is 2.86. The van der Waals surface area contributed by atoms with Gasteiger partial charge in [0.15, 0.2) is 5.78 Å². The van der Waals surface area contributed by atoms with E-state index in [9.17, 15) is 14.0 Å². The van der Waals surface area contributed by atoms with Crippen LogP contribution in [-0.2, 0) is 0 Å². The summed E-state index contributed by atoms with van der Waals surface area (Å²) < 4.78 is 13.2. The topological polar surface area (TPSA) is 37.4 Å². The van der Waals surface area contributed by atoms with Gasteiger partial charge in [0.1, 0.15) is 5.82 Å². The van der Waals surface area contributed by atoms with Gasteiger partial charge < -0.3 is 4.90 Å². The van der Waals surface area contributed by atoms with E-state index in [0.29, 0.717) is 17.7 Å². The van der Waals surface area contributed by atoms with Crippen molar-refractivity contribution in [3.8, 4) is 0 Å². The Kier molecular flexibility index (Phi) is 4.74. The summed E-state index contributed by atoms with van der Waals surface area (Å²) in [5, 5.41) is 0. The number of hydrogen-bond acceptors (Lipinski definition) is 2. The van der Waals surface area contributed by atoms with E-state index in [2.05, 4.69) is 0 Å². The Hall–Kier alpha value is -2.49. The van der Waals surface area contributed by atoms with Crippen LogP contribution in [0.3, 0.4) is 0 Å². The van der Waals surface area contributed by atoms with Crippen LogP contribution >= 0.6 is 0 Å².